The Morgan fingerprint density at radius 2 is 2.08 bits per heavy atom. The van der Waals surface area contributed by atoms with Crippen LogP contribution in [0, 0.1) is 11.8 Å². The zero-order valence-electron chi connectivity index (χ0n) is 8.61. The summed E-state index contributed by atoms with van der Waals surface area (Å²) in [4.78, 5) is 11.7. The summed E-state index contributed by atoms with van der Waals surface area (Å²) in [5.74, 6) is 0.556. The smallest absolute Gasteiger partial charge is 0.186 e. The number of aromatic nitrogens is 2. The molecule has 0 spiro atoms. The predicted molar refractivity (Wildman–Crippen MR) is 51.5 cm³/mol. The molecule has 1 unspecified atom stereocenters. The fraction of sp³-hybridized carbons (Fsp3) is 0.600. The van der Waals surface area contributed by atoms with E-state index in [1.807, 2.05) is 27.8 Å². The van der Waals surface area contributed by atoms with Gasteiger partial charge in [-0.05, 0) is 12.0 Å². The Kier molecular flexibility index (Phi) is 2.86. The summed E-state index contributed by atoms with van der Waals surface area (Å²) in [7, 11) is 1.82. The van der Waals surface area contributed by atoms with Gasteiger partial charge >= 0.3 is 0 Å². The Morgan fingerprint density at radius 1 is 1.46 bits per heavy atom. The lowest BCUT2D eigenvalue weighted by Crippen LogP contribution is -2.17. The molecule has 72 valence electrons. The highest BCUT2D eigenvalue weighted by molar-refractivity contribution is 5.95. The van der Waals surface area contributed by atoms with E-state index in [4.69, 9.17) is 0 Å². The van der Waals surface area contributed by atoms with E-state index in [1.165, 1.54) is 0 Å². The second-order valence-corrected chi connectivity index (χ2v) is 3.77. The van der Waals surface area contributed by atoms with Crippen molar-refractivity contribution in [3.63, 3.8) is 0 Å². The molecule has 0 saturated heterocycles. The van der Waals surface area contributed by atoms with Gasteiger partial charge in [-0.2, -0.15) is 5.10 Å². The van der Waals surface area contributed by atoms with Crippen molar-refractivity contribution in [2.24, 2.45) is 18.9 Å². The zero-order chi connectivity index (χ0) is 10.0. The summed E-state index contributed by atoms with van der Waals surface area (Å²) in [5, 5.41) is 4.08. The lowest BCUT2D eigenvalue weighted by Gasteiger charge is -2.11. The fourth-order valence-electron chi connectivity index (χ4n) is 1.08. The first-order valence-corrected chi connectivity index (χ1v) is 4.56. The van der Waals surface area contributed by atoms with Crippen LogP contribution in [0.25, 0.3) is 0 Å². The molecular formula is C10H16N2O. The van der Waals surface area contributed by atoms with Gasteiger partial charge in [0.2, 0.25) is 0 Å². The third-order valence-electron chi connectivity index (χ3n) is 2.38. The summed E-state index contributed by atoms with van der Waals surface area (Å²) in [6.07, 6.45) is 1.79. The van der Waals surface area contributed by atoms with Crippen molar-refractivity contribution >= 4 is 5.78 Å². The van der Waals surface area contributed by atoms with Crippen molar-refractivity contribution in [1.82, 2.24) is 9.78 Å². The standard InChI is InChI=1S/C10H16N2O/c1-7(2)8(3)10(13)9-5-6-12(4)11-9/h5-8H,1-4H3. The molecule has 0 aliphatic heterocycles. The van der Waals surface area contributed by atoms with Crippen LogP contribution in [0.15, 0.2) is 12.3 Å². The minimum atomic E-state index is 0.0508. The first-order valence-electron chi connectivity index (χ1n) is 4.56. The van der Waals surface area contributed by atoms with Crippen LogP contribution in [-0.2, 0) is 7.05 Å². The number of ketones is 1. The number of carbonyl (C=O) groups excluding carboxylic acids is 1. The minimum absolute atomic E-state index is 0.0508. The van der Waals surface area contributed by atoms with Gasteiger partial charge in [-0.3, -0.25) is 9.48 Å². The lowest BCUT2D eigenvalue weighted by molar-refractivity contribution is 0.0894. The largest absolute Gasteiger partial charge is 0.292 e. The first-order chi connectivity index (χ1) is 6.02. The molecule has 3 nitrogen and oxygen atoms in total. The van der Waals surface area contributed by atoms with Crippen molar-refractivity contribution < 1.29 is 4.79 Å². The van der Waals surface area contributed by atoms with Gasteiger partial charge in [0.05, 0.1) is 0 Å². The molecule has 0 bridgehead atoms. The molecule has 1 atom stereocenters. The van der Waals surface area contributed by atoms with Gasteiger partial charge in [0.1, 0.15) is 5.69 Å². The maximum absolute atomic E-state index is 11.7. The summed E-state index contributed by atoms with van der Waals surface area (Å²) in [5.41, 5.74) is 0.573. The molecule has 0 saturated carbocycles. The molecular weight excluding hydrogens is 164 g/mol. The average Bonchev–Trinajstić information content (AvgIpc) is 2.49. The van der Waals surface area contributed by atoms with Gasteiger partial charge in [-0.25, -0.2) is 0 Å². The van der Waals surface area contributed by atoms with E-state index in [-0.39, 0.29) is 11.7 Å². The molecule has 0 aromatic carbocycles. The van der Waals surface area contributed by atoms with E-state index in [9.17, 15) is 4.79 Å². The molecule has 0 N–H and O–H groups in total. The Balaban J connectivity index is 2.79. The molecule has 0 radical (unpaired) electrons. The third-order valence-corrected chi connectivity index (χ3v) is 2.38. The van der Waals surface area contributed by atoms with Crippen LogP contribution in [0.4, 0.5) is 0 Å². The monoisotopic (exact) mass is 180 g/mol. The van der Waals surface area contributed by atoms with Crippen molar-refractivity contribution in [2.75, 3.05) is 0 Å². The highest BCUT2D eigenvalue weighted by Gasteiger charge is 2.19. The van der Waals surface area contributed by atoms with E-state index >= 15 is 0 Å². The van der Waals surface area contributed by atoms with Gasteiger partial charge in [0.15, 0.2) is 5.78 Å². The van der Waals surface area contributed by atoms with Crippen LogP contribution in [0.1, 0.15) is 31.3 Å². The number of rotatable bonds is 3. The quantitative estimate of drug-likeness (QED) is 0.666. The Morgan fingerprint density at radius 3 is 2.46 bits per heavy atom. The van der Waals surface area contributed by atoms with E-state index in [2.05, 4.69) is 5.10 Å². The van der Waals surface area contributed by atoms with Crippen LogP contribution in [0.3, 0.4) is 0 Å². The molecule has 1 rings (SSSR count). The van der Waals surface area contributed by atoms with E-state index in [0.29, 0.717) is 11.6 Å². The van der Waals surface area contributed by atoms with Crippen LogP contribution in [-0.4, -0.2) is 15.6 Å². The summed E-state index contributed by atoms with van der Waals surface area (Å²) in [6, 6.07) is 1.77. The molecule has 1 aromatic heterocycles. The molecule has 13 heavy (non-hydrogen) atoms. The molecule has 3 heteroatoms. The summed E-state index contributed by atoms with van der Waals surface area (Å²) in [6.45, 7) is 6.04. The Hall–Kier alpha value is -1.12. The van der Waals surface area contributed by atoms with Crippen LogP contribution < -0.4 is 0 Å². The number of aryl methyl sites for hydroxylation is 1. The fourth-order valence-corrected chi connectivity index (χ4v) is 1.08. The highest BCUT2D eigenvalue weighted by Crippen LogP contribution is 2.14. The first kappa shape index (κ1) is 9.96. The molecule has 1 heterocycles. The summed E-state index contributed by atoms with van der Waals surface area (Å²) >= 11 is 0. The molecule has 0 amide bonds. The maximum atomic E-state index is 11.7. The van der Waals surface area contributed by atoms with Crippen molar-refractivity contribution in [2.45, 2.75) is 20.8 Å². The summed E-state index contributed by atoms with van der Waals surface area (Å²) < 4.78 is 1.65. The van der Waals surface area contributed by atoms with Gasteiger partial charge in [0.25, 0.3) is 0 Å². The average molecular weight is 180 g/mol. The van der Waals surface area contributed by atoms with Crippen LogP contribution in [0.2, 0.25) is 0 Å². The number of nitrogens with zero attached hydrogens (tertiary/aromatic N) is 2. The zero-order valence-corrected chi connectivity index (χ0v) is 8.61. The van der Waals surface area contributed by atoms with E-state index in [1.54, 1.807) is 16.9 Å². The SMILES string of the molecule is CC(C)C(C)C(=O)c1ccn(C)n1. The predicted octanol–water partition coefficient (Wildman–Crippen LogP) is 1.89. The molecule has 0 fully saturated rings. The second-order valence-electron chi connectivity index (χ2n) is 3.77. The lowest BCUT2D eigenvalue weighted by atomic mass is 9.92. The van der Waals surface area contributed by atoms with Crippen LogP contribution >= 0.6 is 0 Å². The Labute approximate surface area is 78.8 Å². The van der Waals surface area contributed by atoms with Gasteiger partial charge < -0.3 is 0 Å². The number of hydrogen-bond acceptors (Lipinski definition) is 2. The van der Waals surface area contributed by atoms with E-state index in [0.717, 1.165) is 0 Å². The topological polar surface area (TPSA) is 34.9 Å². The molecule has 1 aromatic rings. The molecule has 0 aliphatic rings. The van der Waals surface area contributed by atoms with E-state index < -0.39 is 0 Å². The van der Waals surface area contributed by atoms with Crippen molar-refractivity contribution in [3.05, 3.63) is 18.0 Å². The normalized spacial score (nSPS) is 13.3. The van der Waals surface area contributed by atoms with Crippen molar-refractivity contribution in [3.8, 4) is 0 Å². The second kappa shape index (κ2) is 3.73. The third kappa shape index (κ3) is 2.17. The van der Waals surface area contributed by atoms with Gasteiger partial charge in [-0.1, -0.05) is 20.8 Å². The maximum Gasteiger partial charge on any atom is 0.186 e. The van der Waals surface area contributed by atoms with Gasteiger partial charge in [0, 0.05) is 19.2 Å². The Bertz CT molecular complexity index is 302. The highest BCUT2D eigenvalue weighted by atomic mass is 16.1. The minimum Gasteiger partial charge on any atom is -0.292 e. The molecule has 0 aliphatic carbocycles. The number of Topliss-reactive ketones (excluding diaryl/α,β-unsaturated/α-hetero) is 1. The van der Waals surface area contributed by atoms with Gasteiger partial charge in [-0.15, -0.1) is 0 Å². The number of carbonyl (C=O) groups is 1. The number of hydrogen-bond donors (Lipinski definition) is 0. The van der Waals surface area contributed by atoms with Crippen molar-refractivity contribution in [1.29, 1.82) is 0 Å². The van der Waals surface area contributed by atoms with Crippen LogP contribution in [0.5, 0.6) is 0 Å².